The summed E-state index contributed by atoms with van der Waals surface area (Å²) in [5, 5.41) is 0. The zero-order valence-corrected chi connectivity index (χ0v) is 9.54. The van der Waals surface area contributed by atoms with E-state index in [0.29, 0.717) is 0 Å². The maximum atomic E-state index is 3.71. The van der Waals surface area contributed by atoms with Gasteiger partial charge < -0.3 is 0 Å². The van der Waals surface area contributed by atoms with Crippen LogP contribution in [0.25, 0.3) is 0 Å². The molecule has 80 valence electrons. The van der Waals surface area contributed by atoms with Gasteiger partial charge in [0.1, 0.15) is 0 Å². The molecule has 0 aliphatic carbocycles. The highest BCUT2D eigenvalue weighted by Crippen LogP contribution is 2.03. The van der Waals surface area contributed by atoms with E-state index in [1.54, 1.807) is 0 Å². The van der Waals surface area contributed by atoms with Crippen LogP contribution in [-0.2, 0) is 0 Å². The fraction of sp³-hybridized carbons (Fsp3) is 0.571. The second kappa shape index (κ2) is 12.2. The van der Waals surface area contributed by atoms with Gasteiger partial charge in [0, 0.05) is 0 Å². The lowest BCUT2D eigenvalue weighted by atomic mass is 10.1. The van der Waals surface area contributed by atoms with Gasteiger partial charge in [0.2, 0.25) is 0 Å². The van der Waals surface area contributed by atoms with Gasteiger partial charge in [-0.25, -0.2) is 0 Å². The van der Waals surface area contributed by atoms with Crippen LogP contribution in [0, 0.1) is 0 Å². The van der Waals surface area contributed by atoms with E-state index in [9.17, 15) is 0 Å². The molecule has 0 amide bonds. The Hall–Kier alpha value is -0.780. The van der Waals surface area contributed by atoms with E-state index in [2.05, 4.69) is 37.8 Å². The van der Waals surface area contributed by atoms with Crippen LogP contribution in [0.15, 0.2) is 37.0 Å². The second-order valence-corrected chi connectivity index (χ2v) is 3.57. The summed E-state index contributed by atoms with van der Waals surface area (Å²) in [6, 6.07) is 0. The maximum Gasteiger partial charge on any atom is -0.0348 e. The molecule has 0 fully saturated rings. The van der Waals surface area contributed by atoms with Gasteiger partial charge in [-0.2, -0.15) is 0 Å². The van der Waals surface area contributed by atoms with Gasteiger partial charge in [0.15, 0.2) is 0 Å². The molecule has 0 bridgehead atoms. The van der Waals surface area contributed by atoms with E-state index in [4.69, 9.17) is 0 Å². The van der Waals surface area contributed by atoms with E-state index in [1.165, 1.54) is 44.9 Å². The van der Waals surface area contributed by atoms with Crippen molar-refractivity contribution in [3.63, 3.8) is 0 Å². The molecule has 0 atom stereocenters. The van der Waals surface area contributed by atoms with Gasteiger partial charge in [-0.15, -0.1) is 6.58 Å². The van der Waals surface area contributed by atoms with Gasteiger partial charge in [0.05, 0.1) is 0 Å². The topological polar surface area (TPSA) is 0 Å². The van der Waals surface area contributed by atoms with Crippen molar-refractivity contribution in [2.24, 2.45) is 0 Å². The molecule has 0 saturated carbocycles. The number of unbranched alkanes of at least 4 members (excludes halogenated alkanes) is 5. The van der Waals surface area contributed by atoms with E-state index >= 15 is 0 Å². The average Bonchev–Trinajstić information content (AvgIpc) is 2.21. The van der Waals surface area contributed by atoms with E-state index < -0.39 is 0 Å². The summed E-state index contributed by atoms with van der Waals surface area (Å²) in [5.41, 5.74) is 0. The summed E-state index contributed by atoms with van der Waals surface area (Å²) in [6.07, 6.45) is 19.6. The Labute approximate surface area is 89.4 Å². The lowest BCUT2D eigenvalue weighted by Crippen LogP contribution is -1.73. The summed E-state index contributed by atoms with van der Waals surface area (Å²) in [4.78, 5) is 0. The quantitative estimate of drug-likeness (QED) is 0.273. The van der Waals surface area contributed by atoms with Crippen LogP contribution in [0.2, 0.25) is 0 Å². The molecule has 0 nitrogen and oxygen atoms in total. The number of hydrogen-bond acceptors (Lipinski definition) is 0. The van der Waals surface area contributed by atoms with Crippen LogP contribution in [0.3, 0.4) is 0 Å². The monoisotopic (exact) mass is 192 g/mol. The Morgan fingerprint density at radius 1 is 0.857 bits per heavy atom. The third kappa shape index (κ3) is 11.2. The van der Waals surface area contributed by atoms with Gasteiger partial charge >= 0.3 is 0 Å². The van der Waals surface area contributed by atoms with Crippen LogP contribution >= 0.6 is 0 Å². The lowest BCUT2D eigenvalue weighted by Gasteiger charge is -1.93. The SMILES string of the molecule is C=CCCCCC/C=C/C=C\CCC. The molecule has 0 aromatic rings. The van der Waals surface area contributed by atoms with E-state index in [-0.39, 0.29) is 0 Å². The zero-order valence-electron chi connectivity index (χ0n) is 9.54. The van der Waals surface area contributed by atoms with Crippen molar-refractivity contribution < 1.29 is 0 Å². The highest BCUT2D eigenvalue weighted by molar-refractivity contribution is 5.02. The highest BCUT2D eigenvalue weighted by Gasteiger charge is 1.84. The van der Waals surface area contributed by atoms with Crippen LogP contribution in [0.5, 0.6) is 0 Å². The Bertz CT molecular complexity index is 163. The first-order valence-corrected chi connectivity index (χ1v) is 5.84. The van der Waals surface area contributed by atoms with Crippen LogP contribution < -0.4 is 0 Å². The summed E-state index contributed by atoms with van der Waals surface area (Å²) in [7, 11) is 0. The first-order valence-electron chi connectivity index (χ1n) is 5.84. The van der Waals surface area contributed by atoms with Crippen molar-refractivity contribution in [2.45, 2.75) is 51.9 Å². The first kappa shape index (κ1) is 13.2. The highest BCUT2D eigenvalue weighted by atomic mass is 13.9. The summed E-state index contributed by atoms with van der Waals surface area (Å²) < 4.78 is 0. The minimum atomic E-state index is 1.17. The van der Waals surface area contributed by atoms with E-state index in [1.807, 2.05) is 6.08 Å². The normalized spacial score (nSPS) is 11.5. The summed E-state index contributed by atoms with van der Waals surface area (Å²) in [5.74, 6) is 0. The Morgan fingerprint density at radius 3 is 2.14 bits per heavy atom. The van der Waals surface area contributed by atoms with Gasteiger partial charge in [-0.05, 0) is 32.1 Å². The first-order chi connectivity index (χ1) is 6.91. The van der Waals surface area contributed by atoms with Crippen molar-refractivity contribution in [2.75, 3.05) is 0 Å². The third-order valence-electron chi connectivity index (χ3n) is 2.12. The fourth-order valence-corrected chi connectivity index (χ4v) is 1.24. The van der Waals surface area contributed by atoms with Crippen molar-refractivity contribution in [3.05, 3.63) is 37.0 Å². The molecule has 0 unspecified atom stereocenters. The molecule has 0 aromatic heterocycles. The van der Waals surface area contributed by atoms with E-state index in [0.717, 1.165) is 0 Å². The molecule has 0 heteroatoms. The van der Waals surface area contributed by atoms with Crippen molar-refractivity contribution in [3.8, 4) is 0 Å². The second-order valence-electron chi connectivity index (χ2n) is 3.57. The minimum Gasteiger partial charge on any atom is -0.103 e. The smallest absolute Gasteiger partial charge is 0.0348 e. The largest absolute Gasteiger partial charge is 0.103 e. The van der Waals surface area contributed by atoms with Crippen LogP contribution in [0.4, 0.5) is 0 Å². The van der Waals surface area contributed by atoms with Gasteiger partial charge in [-0.3, -0.25) is 0 Å². The third-order valence-corrected chi connectivity index (χ3v) is 2.12. The molecule has 0 N–H and O–H groups in total. The standard InChI is InChI=1S/C14H24/c1-3-5-7-9-11-13-14-12-10-8-6-4-2/h3,8,10,12,14H,1,4-7,9,11,13H2,2H3/b10-8-,14-12+. The van der Waals surface area contributed by atoms with Crippen LogP contribution in [0.1, 0.15) is 51.9 Å². The molecular weight excluding hydrogens is 168 g/mol. The molecule has 0 rings (SSSR count). The number of hydrogen-bond donors (Lipinski definition) is 0. The fourth-order valence-electron chi connectivity index (χ4n) is 1.24. The molecule has 0 radical (unpaired) electrons. The van der Waals surface area contributed by atoms with Crippen LogP contribution in [-0.4, -0.2) is 0 Å². The summed E-state index contributed by atoms with van der Waals surface area (Å²) >= 11 is 0. The molecular formula is C14H24. The average molecular weight is 192 g/mol. The number of allylic oxidation sites excluding steroid dienone is 5. The van der Waals surface area contributed by atoms with Crippen molar-refractivity contribution in [1.29, 1.82) is 0 Å². The summed E-state index contributed by atoms with van der Waals surface area (Å²) in [6.45, 7) is 5.92. The lowest BCUT2D eigenvalue weighted by molar-refractivity contribution is 0.696. The molecule has 0 spiro atoms. The van der Waals surface area contributed by atoms with Gasteiger partial charge in [-0.1, -0.05) is 50.1 Å². The molecule has 14 heavy (non-hydrogen) atoms. The Morgan fingerprint density at radius 2 is 1.50 bits per heavy atom. The molecule has 0 aliphatic rings. The maximum absolute atomic E-state index is 3.71. The Kier molecular flexibility index (Phi) is 11.5. The molecule has 0 aromatic carbocycles. The Balaban J connectivity index is 3.14. The molecule has 0 aliphatic heterocycles. The molecule has 0 heterocycles. The zero-order chi connectivity index (χ0) is 10.5. The minimum absolute atomic E-state index is 1.17. The predicted molar refractivity (Wildman–Crippen MR) is 66.5 cm³/mol. The van der Waals surface area contributed by atoms with Gasteiger partial charge in [0.25, 0.3) is 0 Å². The molecule has 0 saturated heterocycles. The predicted octanol–water partition coefficient (Wildman–Crippen LogP) is 5.04. The number of rotatable bonds is 9. The van der Waals surface area contributed by atoms with Crippen molar-refractivity contribution >= 4 is 0 Å². The van der Waals surface area contributed by atoms with Crippen molar-refractivity contribution in [1.82, 2.24) is 0 Å².